The summed E-state index contributed by atoms with van der Waals surface area (Å²) >= 11 is 0. The first kappa shape index (κ1) is 11.3. The molecule has 0 radical (unpaired) electrons. The van der Waals surface area contributed by atoms with Crippen molar-refractivity contribution in [3.05, 3.63) is 23.8 Å². The number of phenols is 1. The predicted molar refractivity (Wildman–Crippen MR) is 64.9 cm³/mol. The van der Waals surface area contributed by atoms with E-state index in [9.17, 15) is 5.11 Å². The lowest BCUT2D eigenvalue weighted by atomic mass is 10.1. The van der Waals surface area contributed by atoms with Crippen LogP contribution in [0.1, 0.15) is 25.8 Å². The minimum Gasteiger partial charge on any atom is -0.508 e. The van der Waals surface area contributed by atoms with Gasteiger partial charge in [0.2, 0.25) is 0 Å². The van der Waals surface area contributed by atoms with Crippen LogP contribution < -0.4 is 4.90 Å². The second-order valence-electron chi connectivity index (χ2n) is 4.68. The molecule has 88 valence electrons. The van der Waals surface area contributed by atoms with E-state index < -0.39 is 0 Å². The molecule has 1 heterocycles. The van der Waals surface area contributed by atoms with E-state index in [1.165, 1.54) is 11.3 Å². The van der Waals surface area contributed by atoms with Crippen molar-refractivity contribution in [2.45, 2.75) is 38.8 Å². The standard InChI is InChI=1S/C13H19NO2/c1-9(2)14-11(5-6-15)7-10-8-12(16)3-4-13(10)14/h3-4,8-9,11,15-16H,5-7H2,1-2H3. The van der Waals surface area contributed by atoms with Crippen molar-refractivity contribution < 1.29 is 10.2 Å². The van der Waals surface area contributed by atoms with Gasteiger partial charge in [0.05, 0.1) is 0 Å². The van der Waals surface area contributed by atoms with Crippen LogP contribution in [-0.4, -0.2) is 28.9 Å². The number of benzene rings is 1. The van der Waals surface area contributed by atoms with Crippen molar-refractivity contribution in [3.63, 3.8) is 0 Å². The lowest BCUT2D eigenvalue weighted by Gasteiger charge is -2.31. The molecule has 3 heteroatoms. The maximum atomic E-state index is 9.47. The van der Waals surface area contributed by atoms with E-state index in [-0.39, 0.29) is 6.61 Å². The number of hydrogen-bond donors (Lipinski definition) is 2. The summed E-state index contributed by atoms with van der Waals surface area (Å²) in [6.45, 7) is 4.53. The number of aliphatic hydroxyl groups excluding tert-OH is 1. The summed E-state index contributed by atoms with van der Waals surface area (Å²) in [7, 11) is 0. The van der Waals surface area contributed by atoms with Gasteiger partial charge in [-0.15, -0.1) is 0 Å². The highest BCUT2D eigenvalue weighted by molar-refractivity contribution is 5.62. The van der Waals surface area contributed by atoms with Crippen LogP contribution in [0.5, 0.6) is 5.75 Å². The molecule has 3 nitrogen and oxygen atoms in total. The van der Waals surface area contributed by atoms with Crippen LogP contribution in [0.15, 0.2) is 18.2 Å². The molecule has 1 unspecified atom stereocenters. The first-order valence-corrected chi connectivity index (χ1v) is 5.84. The van der Waals surface area contributed by atoms with E-state index in [0.29, 0.717) is 17.8 Å². The molecule has 1 aromatic carbocycles. The van der Waals surface area contributed by atoms with Crippen molar-refractivity contribution >= 4 is 5.69 Å². The number of anilines is 1. The number of aliphatic hydroxyl groups is 1. The Morgan fingerprint density at radius 2 is 2.19 bits per heavy atom. The molecule has 1 aliphatic heterocycles. The molecule has 0 aromatic heterocycles. The van der Waals surface area contributed by atoms with E-state index in [2.05, 4.69) is 18.7 Å². The van der Waals surface area contributed by atoms with Gasteiger partial charge in [-0.1, -0.05) is 0 Å². The quantitative estimate of drug-likeness (QED) is 0.819. The van der Waals surface area contributed by atoms with Gasteiger partial charge in [-0.2, -0.15) is 0 Å². The van der Waals surface area contributed by atoms with Crippen molar-refractivity contribution in [2.24, 2.45) is 0 Å². The van der Waals surface area contributed by atoms with E-state index in [0.717, 1.165) is 12.8 Å². The number of hydrogen-bond acceptors (Lipinski definition) is 3. The van der Waals surface area contributed by atoms with E-state index >= 15 is 0 Å². The first-order chi connectivity index (χ1) is 7.63. The Morgan fingerprint density at radius 1 is 1.44 bits per heavy atom. The third-order valence-electron chi connectivity index (χ3n) is 3.21. The monoisotopic (exact) mass is 221 g/mol. The Balaban J connectivity index is 2.33. The van der Waals surface area contributed by atoms with Crippen molar-refractivity contribution in [1.82, 2.24) is 0 Å². The van der Waals surface area contributed by atoms with Gasteiger partial charge < -0.3 is 15.1 Å². The normalized spacial score (nSPS) is 19.2. The lowest BCUT2D eigenvalue weighted by molar-refractivity contribution is 0.272. The van der Waals surface area contributed by atoms with Gasteiger partial charge in [0.15, 0.2) is 0 Å². The summed E-state index contributed by atoms with van der Waals surface area (Å²) in [5.74, 6) is 0.326. The summed E-state index contributed by atoms with van der Waals surface area (Å²) in [6, 6.07) is 6.32. The second kappa shape index (κ2) is 4.34. The molecule has 0 bridgehead atoms. The Morgan fingerprint density at radius 3 is 2.81 bits per heavy atom. The molecule has 0 saturated heterocycles. The zero-order valence-corrected chi connectivity index (χ0v) is 9.85. The molecule has 0 saturated carbocycles. The summed E-state index contributed by atoms with van der Waals surface area (Å²) in [5.41, 5.74) is 2.39. The summed E-state index contributed by atoms with van der Waals surface area (Å²) < 4.78 is 0. The third kappa shape index (κ3) is 1.87. The Bertz CT molecular complexity index is 376. The Hall–Kier alpha value is -1.22. The van der Waals surface area contributed by atoms with E-state index in [1.54, 1.807) is 6.07 Å². The average molecular weight is 221 g/mol. The van der Waals surface area contributed by atoms with Crippen LogP contribution in [-0.2, 0) is 6.42 Å². The number of aromatic hydroxyl groups is 1. The lowest BCUT2D eigenvalue weighted by Crippen LogP contribution is -2.38. The number of rotatable bonds is 3. The fourth-order valence-corrected chi connectivity index (χ4v) is 2.63. The molecule has 16 heavy (non-hydrogen) atoms. The van der Waals surface area contributed by atoms with Crippen LogP contribution in [0.25, 0.3) is 0 Å². The van der Waals surface area contributed by atoms with Crippen molar-refractivity contribution in [2.75, 3.05) is 11.5 Å². The smallest absolute Gasteiger partial charge is 0.116 e. The van der Waals surface area contributed by atoms with Crippen LogP contribution in [0.3, 0.4) is 0 Å². The maximum Gasteiger partial charge on any atom is 0.116 e. The molecule has 1 atom stereocenters. The SMILES string of the molecule is CC(C)N1c2ccc(O)cc2CC1CCO. The van der Waals surface area contributed by atoms with Gasteiger partial charge in [0.1, 0.15) is 5.75 Å². The highest BCUT2D eigenvalue weighted by Gasteiger charge is 2.30. The van der Waals surface area contributed by atoms with Crippen molar-refractivity contribution in [3.8, 4) is 5.75 Å². The predicted octanol–water partition coefficient (Wildman–Crippen LogP) is 1.91. The fraction of sp³-hybridized carbons (Fsp3) is 0.538. The van der Waals surface area contributed by atoms with Crippen LogP contribution in [0.2, 0.25) is 0 Å². The summed E-state index contributed by atoms with van der Waals surface area (Å²) in [4.78, 5) is 2.34. The molecule has 1 aliphatic rings. The van der Waals surface area contributed by atoms with Gasteiger partial charge in [-0.05, 0) is 50.5 Å². The van der Waals surface area contributed by atoms with E-state index in [1.807, 2.05) is 12.1 Å². The molecule has 1 aromatic rings. The Kier molecular flexibility index (Phi) is 3.06. The summed E-state index contributed by atoms with van der Waals surface area (Å²) in [5, 5.41) is 18.6. The van der Waals surface area contributed by atoms with Crippen LogP contribution in [0, 0.1) is 0 Å². The highest BCUT2D eigenvalue weighted by Crippen LogP contribution is 2.36. The van der Waals surface area contributed by atoms with Gasteiger partial charge in [-0.25, -0.2) is 0 Å². The zero-order chi connectivity index (χ0) is 11.7. The van der Waals surface area contributed by atoms with Crippen LogP contribution >= 0.6 is 0 Å². The van der Waals surface area contributed by atoms with Gasteiger partial charge in [0.25, 0.3) is 0 Å². The molecule has 0 amide bonds. The largest absolute Gasteiger partial charge is 0.508 e. The Labute approximate surface area is 96.3 Å². The second-order valence-corrected chi connectivity index (χ2v) is 4.68. The van der Waals surface area contributed by atoms with E-state index in [4.69, 9.17) is 5.11 Å². The fourth-order valence-electron chi connectivity index (χ4n) is 2.63. The minimum atomic E-state index is 0.216. The number of phenolic OH excluding ortho intramolecular Hbond substituents is 1. The number of fused-ring (bicyclic) bond motifs is 1. The minimum absolute atomic E-state index is 0.216. The van der Waals surface area contributed by atoms with Gasteiger partial charge >= 0.3 is 0 Å². The molecular formula is C13H19NO2. The van der Waals surface area contributed by atoms with Gasteiger partial charge in [-0.3, -0.25) is 0 Å². The zero-order valence-electron chi connectivity index (χ0n) is 9.85. The molecule has 0 aliphatic carbocycles. The van der Waals surface area contributed by atoms with Crippen molar-refractivity contribution in [1.29, 1.82) is 0 Å². The molecular weight excluding hydrogens is 202 g/mol. The van der Waals surface area contributed by atoms with Crippen LogP contribution in [0.4, 0.5) is 5.69 Å². The first-order valence-electron chi connectivity index (χ1n) is 5.84. The molecule has 2 N–H and O–H groups in total. The molecule has 2 rings (SSSR count). The molecule has 0 spiro atoms. The third-order valence-corrected chi connectivity index (χ3v) is 3.21. The average Bonchev–Trinajstić information content (AvgIpc) is 2.55. The summed E-state index contributed by atoms with van der Waals surface area (Å²) in [6.07, 6.45) is 1.70. The highest BCUT2D eigenvalue weighted by atomic mass is 16.3. The molecule has 0 fully saturated rings. The van der Waals surface area contributed by atoms with Gasteiger partial charge in [0, 0.05) is 24.4 Å². The number of nitrogens with zero attached hydrogens (tertiary/aromatic N) is 1. The maximum absolute atomic E-state index is 9.47. The topological polar surface area (TPSA) is 43.7 Å².